The molecular weight excluding hydrogens is 743 g/mol. The molecule has 0 aromatic rings. The quantitative estimate of drug-likeness (QED) is 0.0235. The normalized spacial score (nSPS) is 14.3. The first-order valence-electron chi connectivity index (χ1n) is 22.6. The van der Waals surface area contributed by atoms with Crippen LogP contribution in [-0.2, 0) is 32.7 Å². The van der Waals surface area contributed by atoms with Crippen molar-refractivity contribution in [1.82, 2.24) is 0 Å². The van der Waals surface area contributed by atoms with Gasteiger partial charge in [0.1, 0.15) is 12.2 Å². The molecule has 0 fully saturated rings. The molecule has 0 saturated heterocycles. The highest BCUT2D eigenvalue weighted by molar-refractivity contribution is 7.47. The van der Waals surface area contributed by atoms with E-state index in [9.17, 15) is 29.3 Å². The Morgan fingerprint density at radius 2 is 0.825 bits per heavy atom. The maximum absolute atomic E-state index is 12.4. The fraction of sp³-hybridized carbons (Fsp3) is 0.783. The number of phosphoric acid groups is 1. The van der Waals surface area contributed by atoms with Crippen LogP contribution in [0.15, 0.2) is 48.6 Å². The van der Waals surface area contributed by atoms with Gasteiger partial charge in [0, 0.05) is 12.8 Å². The van der Waals surface area contributed by atoms with E-state index in [1.807, 2.05) is 0 Å². The highest BCUT2D eigenvalue weighted by Gasteiger charge is 2.27. The summed E-state index contributed by atoms with van der Waals surface area (Å²) < 4.78 is 32.6. The summed E-state index contributed by atoms with van der Waals surface area (Å²) in [5.74, 6) is -1.04. The van der Waals surface area contributed by atoms with Gasteiger partial charge in [0.15, 0.2) is 0 Å². The van der Waals surface area contributed by atoms with E-state index in [2.05, 4.69) is 62.5 Å². The minimum Gasteiger partial charge on any atom is -0.457 e. The molecule has 3 unspecified atom stereocenters. The van der Waals surface area contributed by atoms with Gasteiger partial charge in [0.25, 0.3) is 0 Å². The molecule has 0 heterocycles. The van der Waals surface area contributed by atoms with Crippen LogP contribution in [-0.4, -0.2) is 65.7 Å². The summed E-state index contributed by atoms with van der Waals surface area (Å²) in [5, 5.41) is 19.2. The predicted molar refractivity (Wildman–Crippen MR) is 233 cm³/mol. The zero-order valence-corrected chi connectivity index (χ0v) is 36.9. The number of ether oxygens (including phenoxy) is 2. The highest BCUT2D eigenvalue weighted by Crippen LogP contribution is 2.43. The second-order valence-electron chi connectivity index (χ2n) is 15.0. The number of phosphoric ester groups is 1. The Morgan fingerprint density at radius 3 is 1.19 bits per heavy atom. The van der Waals surface area contributed by atoms with Crippen molar-refractivity contribution in [2.24, 2.45) is 0 Å². The van der Waals surface area contributed by atoms with Gasteiger partial charge < -0.3 is 24.6 Å². The van der Waals surface area contributed by atoms with Crippen LogP contribution in [0.4, 0.5) is 0 Å². The molecule has 0 spiro atoms. The summed E-state index contributed by atoms with van der Waals surface area (Å²) >= 11 is 0. The molecule has 0 aliphatic carbocycles. The predicted octanol–water partition coefficient (Wildman–Crippen LogP) is 12.1. The molecule has 0 rings (SSSR count). The number of aliphatic hydroxyl groups is 2. The molecule has 3 atom stereocenters. The number of unbranched alkanes of at least 4 members (excludes halogenated alkanes) is 20. The number of carbonyl (C=O) groups is 2. The summed E-state index contributed by atoms with van der Waals surface area (Å²) in [4.78, 5) is 34.5. The molecule has 0 saturated carbocycles. The first kappa shape index (κ1) is 54.9. The fourth-order valence-electron chi connectivity index (χ4n) is 6.11. The van der Waals surface area contributed by atoms with E-state index in [0.717, 1.165) is 70.6 Å². The van der Waals surface area contributed by atoms with E-state index >= 15 is 0 Å². The van der Waals surface area contributed by atoms with Crippen LogP contribution in [0.2, 0.25) is 0 Å². The maximum Gasteiger partial charge on any atom is 0.472 e. The summed E-state index contributed by atoms with van der Waals surface area (Å²) in [6.45, 7) is 2.08. The maximum atomic E-state index is 12.4. The Morgan fingerprint density at radius 1 is 0.491 bits per heavy atom. The van der Waals surface area contributed by atoms with E-state index in [1.54, 1.807) is 0 Å². The number of aliphatic hydroxyl groups excluding tert-OH is 2. The van der Waals surface area contributed by atoms with Gasteiger partial charge in [-0.1, -0.05) is 178 Å². The third kappa shape index (κ3) is 40.5. The van der Waals surface area contributed by atoms with Crippen LogP contribution in [0.25, 0.3) is 0 Å². The van der Waals surface area contributed by atoms with Gasteiger partial charge in [0.2, 0.25) is 0 Å². The van der Waals surface area contributed by atoms with E-state index in [0.29, 0.717) is 12.8 Å². The molecule has 332 valence electrons. The lowest BCUT2D eigenvalue weighted by atomic mass is 10.0. The summed E-state index contributed by atoms with van der Waals surface area (Å²) in [6, 6.07) is 0. The molecule has 0 bridgehead atoms. The zero-order chi connectivity index (χ0) is 41.9. The molecule has 0 aromatic carbocycles. The molecule has 0 radical (unpaired) electrons. The van der Waals surface area contributed by atoms with E-state index < -0.39 is 58.4 Å². The van der Waals surface area contributed by atoms with Crippen molar-refractivity contribution in [3.05, 3.63) is 48.6 Å². The van der Waals surface area contributed by atoms with Gasteiger partial charge in [-0.25, -0.2) is 4.57 Å². The number of hydrogen-bond acceptors (Lipinski definition) is 9. The Bertz CT molecular complexity index is 1090. The van der Waals surface area contributed by atoms with Gasteiger partial charge in [-0.05, 0) is 51.4 Å². The zero-order valence-electron chi connectivity index (χ0n) is 36.0. The summed E-state index contributed by atoms with van der Waals surface area (Å²) in [5.41, 5.74) is 0. The lowest BCUT2D eigenvalue weighted by Gasteiger charge is -2.20. The number of carbonyl (C=O) groups excluding carboxylic acids is 2. The number of rotatable bonds is 42. The molecule has 11 heteroatoms. The average molecular weight is 827 g/mol. The van der Waals surface area contributed by atoms with Gasteiger partial charge in [-0.3, -0.25) is 18.6 Å². The Labute approximate surface area is 347 Å². The van der Waals surface area contributed by atoms with Crippen molar-refractivity contribution in [2.45, 2.75) is 206 Å². The monoisotopic (exact) mass is 827 g/mol. The van der Waals surface area contributed by atoms with Crippen molar-refractivity contribution in [1.29, 1.82) is 0 Å². The Kier molecular flexibility index (Phi) is 40.5. The second kappa shape index (κ2) is 42.1. The molecule has 0 aromatic heterocycles. The van der Waals surface area contributed by atoms with E-state index in [-0.39, 0.29) is 12.8 Å². The topological polar surface area (TPSA) is 149 Å². The minimum absolute atomic E-state index is 0.163. The first-order chi connectivity index (χ1) is 27.8. The van der Waals surface area contributed by atoms with E-state index in [4.69, 9.17) is 18.5 Å². The second-order valence-corrected chi connectivity index (χ2v) is 16.5. The van der Waals surface area contributed by atoms with Crippen molar-refractivity contribution >= 4 is 19.8 Å². The highest BCUT2D eigenvalue weighted by atomic mass is 31.2. The average Bonchev–Trinajstić information content (AvgIpc) is 3.20. The van der Waals surface area contributed by atoms with E-state index in [1.165, 1.54) is 83.5 Å². The lowest BCUT2D eigenvalue weighted by Crippen LogP contribution is -2.28. The van der Waals surface area contributed by atoms with Gasteiger partial charge in [-0.2, -0.15) is 0 Å². The number of esters is 2. The van der Waals surface area contributed by atoms with Gasteiger partial charge in [0.05, 0.1) is 26.4 Å². The van der Waals surface area contributed by atoms with Gasteiger partial charge >= 0.3 is 19.8 Å². The van der Waals surface area contributed by atoms with Crippen LogP contribution < -0.4 is 0 Å². The van der Waals surface area contributed by atoms with Crippen molar-refractivity contribution in [3.8, 4) is 0 Å². The smallest absolute Gasteiger partial charge is 0.457 e. The van der Waals surface area contributed by atoms with Crippen LogP contribution >= 0.6 is 7.82 Å². The Balaban J connectivity index is 3.93. The standard InChI is InChI=1S/C46H83O10P/c1-3-5-7-9-11-13-15-17-19-21-23-25-27-29-31-33-35-37-45(49)55-43(39-47)41-53-57(51,52)54-42-44(40-48)56-46(50)38-36-34-32-30-28-26-24-22-20-18-16-14-12-10-8-6-4-2/h5,7,11,13,17,19,23,25,43-44,47-48H,3-4,6,8-10,12,14-16,18,20-22,24,26-42H2,1-2H3,(H,51,52)/b7-5-,13-11-,19-17-,25-23-. The van der Waals surface area contributed by atoms with Gasteiger partial charge in [-0.15, -0.1) is 0 Å². The van der Waals surface area contributed by atoms with Crippen LogP contribution in [0, 0.1) is 0 Å². The molecule has 10 nitrogen and oxygen atoms in total. The Hall–Kier alpha value is -2.07. The summed E-state index contributed by atoms with van der Waals surface area (Å²) in [7, 11) is -4.64. The first-order valence-corrected chi connectivity index (χ1v) is 24.1. The molecule has 57 heavy (non-hydrogen) atoms. The minimum atomic E-state index is -4.64. The van der Waals surface area contributed by atoms with Crippen molar-refractivity contribution < 1.29 is 47.8 Å². The molecule has 0 aliphatic rings. The third-order valence-electron chi connectivity index (χ3n) is 9.56. The van der Waals surface area contributed by atoms with Crippen molar-refractivity contribution in [3.63, 3.8) is 0 Å². The fourth-order valence-corrected chi connectivity index (χ4v) is 6.89. The molecule has 3 N–H and O–H groups in total. The third-order valence-corrected chi connectivity index (χ3v) is 10.5. The number of hydrogen-bond donors (Lipinski definition) is 3. The lowest BCUT2D eigenvalue weighted by molar-refractivity contribution is -0.153. The van der Waals surface area contributed by atoms with Crippen LogP contribution in [0.3, 0.4) is 0 Å². The van der Waals surface area contributed by atoms with Crippen molar-refractivity contribution in [2.75, 3.05) is 26.4 Å². The largest absolute Gasteiger partial charge is 0.472 e. The number of allylic oxidation sites excluding steroid dienone is 8. The molecule has 0 amide bonds. The van der Waals surface area contributed by atoms with Crippen LogP contribution in [0.1, 0.15) is 194 Å². The molecule has 0 aliphatic heterocycles. The van der Waals surface area contributed by atoms with Crippen LogP contribution in [0.5, 0.6) is 0 Å². The SMILES string of the molecule is CC/C=C\C/C=C\C/C=C\C/C=C\CCCCCCC(=O)OC(CO)COP(=O)(O)OCC(CO)OC(=O)CCCCCCCCCCCCCCCCCCC. The summed E-state index contributed by atoms with van der Waals surface area (Å²) in [6.07, 6.45) is 45.1. The molecular formula is C46H83O10P.